The Kier molecular flexibility index (Phi) is 10.2. The Morgan fingerprint density at radius 1 is 0.900 bits per heavy atom. The summed E-state index contributed by atoms with van der Waals surface area (Å²) in [5, 5.41) is 4.96. The number of nitrogen functional groups attached to an aromatic ring is 1. The van der Waals surface area contributed by atoms with Crippen molar-refractivity contribution in [3.05, 3.63) is 154 Å². The highest BCUT2D eigenvalue weighted by Crippen LogP contribution is 2.30. The second kappa shape index (κ2) is 14.9. The Hall–Kier alpha value is -5.65. The number of para-hydroxylation sites is 2. The number of carbonyl (C=O) groups excluding carboxylic acids is 1. The van der Waals surface area contributed by atoms with Gasteiger partial charge in [0.2, 0.25) is 0 Å². The largest absolute Gasteiger partial charge is 0.457 e. The molecule has 0 saturated carbocycles. The number of sulfonamides is 1. The Morgan fingerprint density at radius 2 is 1.60 bits per heavy atom. The number of unbranched alkanes of at least 4 members (excludes halogenated alkanes) is 1. The summed E-state index contributed by atoms with van der Waals surface area (Å²) in [6, 6.07) is 33.9. The van der Waals surface area contributed by atoms with Crippen LogP contribution in [0.1, 0.15) is 41.5 Å². The van der Waals surface area contributed by atoms with Crippen molar-refractivity contribution in [2.75, 3.05) is 5.73 Å². The number of nitrogens with zero attached hydrogens (tertiary/aromatic N) is 3. The molecule has 0 fully saturated rings. The number of nitrogens with two attached hydrogens (primary N) is 1. The van der Waals surface area contributed by atoms with Crippen LogP contribution in [-0.4, -0.2) is 28.7 Å². The molecule has 0 atom stereocenters. The van der Waals surface area contributed by atoms with Gasteiger partial charge in [-0.25, -0.2) is 17.9 Å². The second-order valence-electron chi connectivity index (χ2n) is 11.6. The number of benzene rings is 5. The fourth-order valence-corrected chi connectivity index (χ4v) is 6.86. The van der Waals surface area contributed by atoms with Crippen molar-refractivity contribution in [3.8, 4) is 28.3 Å². The predicted molar refractivity (Wildman–Crippen MR) is 194 cm³/mol. The van der Waals surface area contributed by atoms with E-state index in [-0.39, 0.29) is 28.4 Å². The first-order valence-corrected chi connectivity index (χ1v) is 17.8. The zero-order valence-corrected chi connectivity index (χ0v) is 28.7. The average Bonchev–Trinajstić information content (AvgIpc) is 3.43. The van der Waals surface area contributed by atoms with Crippen molar-refractivity contribution in [1.82, 2.24) is 19.1 Å². The van der Waals surface area contributed by atoms with Gasteiger partial charge in [-0.1, -0.05) is 97.7 Å². The van der Waals surface area contributed by atoms with E-state index in [0.717, 1.165) is 18.4 Å². The van der Waals surface area contributed by atoms with Crippen molar-refractivity contribution in [3.63, 3.8) is 0 Å². The minimum absolute atomic E-state index is 0.0663. The van der Waals surface area contributed by atoms with Crippen LogP contribution < -0.4 is 20.9 Å². The van der Waals surface area contributed by atoms with Gasteiger partial charge in [0.15, 0.2) is 0 Å². The van der Waals surface area contributed by atoms with E-state index in [1.807, 2.05) is 18.2 Å². The van der Waals surface area contributed by atoms with E-state index in [1.54, 1.807) is 95.6 Å². The van der Waals surface area contributed by atoms with Gasteiger partial charge in [0.1, 0.15) is 17.3 Å². The van der Waals surface area contributed by atoms with Crippen molar-refractivity contribution in [2.24, 2.45) is 0 Å². The maximum Gasteiger partial charge on any atom is 0.351 e. The van der Waals surface area contributed by atoms with Gasteiger partial charge in [-0.2, -0.15) is 4.68 Å². The normalized spacial score (nSPS) is 11.3. The number of nitrogens with one attached hydrogen (secondary N) is 1. The van der Waals surface area contributed by atoms with E-state index in [0.29, 0.717) is 45.5 Å². The summed E-state index contributed by atoms with van der Waals surface area (Å²) in [7, 11) is -4.32. The predicted octanol–water partition coefficient (Wildman–Crippen LogP) is 7.24. The van der Waals surface area contributed by atoms with Gasteiger partial charge in [0.05, 0.1) is 27.7 Å². The van der Waals surface area contributed by atoms with Crippen molar-refractivity contribution in [2.45, 2.75) is 37.6 Å². The summed E-state index contributed by atoms with van der Waals surface area (Å²) in [4.78, 5) is 26.9. The van der Waals surface area contributed by atoms with Crippen molar-refractivity contribution >= 4 is 33.2 Å². The van der Waals surface area contributed by atoms with Gasteiger partial charge in [-0.05, 0) is 66.1 Å². The van der Waals surface area contributed by atoms with Crippen LogP contribution in [-0.2, 0) is 23.0 Å². The second-order valence-corrected chi connectivity index (χ2v) is 13.6. The third kappa shape index (κ3) is 7.49. The molecular formula is C38H34ClN5O5S. The standard InChI is InChI=1S/C38H34ClN5O5S/c1-2-3-17-36-41-44(33-24-28(40)22-23-32(33)39)38(46)43(36)25-26-18-20-27(21-19-26)30-13-8-10-16-35(30)50(47,48)42-37(45)31-14-7-9-15-34(31)49-29-11-5-4-6-12-29/h4-16,18-24H,2-3,17,25,40H2,1H3,(H,42,45). The Labute approximate surface area is 294 Å². The molecule has 6 aromatic rings. The van der Waals surface area contributed by atoms with Crippen molar-refractivity contribution < 1.29 is 17.9 Å². The lowest BCUT2D eigenvalue weighted by molar-refractivity contribution is 0.0979. The molecule has 3 N–H and O–H groups in total. The number of ether oxygens (including phenoxy) is 1. The van der Waals surface area contributed by atoms with Crippen LogP contribution in [0.3, 0.4) is 0 Å². The van der Waals surface area contributed by atoms with Crippen LogP contribution in [0.25, 0.3) is 16.8 Å². The van der Waals surface area contributed by atoms with Crippen LogP contribution >= 0.6 is 11.6 Å². The van der Waals surface area contributed by atoms with Gasteiger partial charge in [0.25, 0.3) is 15.9 Å². The Morgan fingerprint density at radius 3 is 2.36 bits per heavy atom. The molecule has 0 unspecified atom stereocenters. The fourth-order valence-electron chi connectivity index (χ4n) is 5.47. The van der Waals surface area contributed by atoms with E-state index in [1.165, 1.54) is 16.8 Å². The van der Waals surface area contributed by atoms with Gasteiger partial charge < -0.3 is 10.5 Å². The molecule has 1 heterocycles. The first-order chi connectivity index (χ1) is 24.1. The van der Waals surface area contributed by atoms with Gasteiger partial charge >= 0.3 is 5.69 Å². The number of aryl methyl sites for hydroxylation is 1. The number of halogens is 1. The van der Waals surface area contributed by atoms with Crippen LogP contribution in [0.2, 0.25) is 5.02 Å². The number of hydrogen-bond acceptors (Lipinski definition) is 7. The fraction of sp³-hybridized carbons (Fsp3) is 0.132. The zero-order chi connectivity index (χ0) is 35.3. The molecule has 0 aliphatic carbocycles. The minimum Gasteiger partial charge on any atom is -0.457 e. The zero-order valence-electron chi connectivity index (χ0n) is 27.1. The highest BCUT2D eigenvalue weighted by molar-refractivity contribution is 7.90. The molecule has 10 nitrogen and oxygen atoms in total. The van der Waals surface area contributed by atoms with Crippen LogP contribution in [0.15, 0.2) is 131 Å². The Bertz CT molecular complexity index is 2320. The summed E-state index contributed by atoms with van der Waals surface area (Å²) in [6.45, 7) is 2.30. The lowest BCUT2D eigenvalue weighted by Crippen LogP contribution is -2.31. The number of amides is 1. The Balaban J connectivity index is 1.26. The molecule has 0 saturated heterocycles. The van der Waals surface area contributed by atoms with Gasteiger partial charge in [-0.3, -0.25) is 9.36 Å². The van der Waals surface area contributed by atoms with E-state index >= 15 is 0 Å². The number of hydrogen-bond donors (Lipinski definition) is 2. The molecule has 12 heteroatoms. The van der Waals surface area contributed by atoms with Crippen LogP contribution in [0.4, 0.5) is 5.69 Å². The topological polar surface area (TPSA) is 138 Å². The molecule has 0 aliphatic rings. The van der Waals surface area contributed by atoms with E-state index < -0.39 is 15.9 Å². The van der Waals surface area contributed by atoms with Crippen LogP contribution in [0, 0.1) is 0 Å². The number of rotatable bonds is 12. The minimum atomic E-state index is -4.32. The van der Waals surface area contributed by atoms with Crippen LogP contribution in [0.5, 0.6) is 11.5 Å². The number of carbonyl (C=O) groups is 1. The van der Waals surface area contributed by atoms with Gasteiger partial charge in [0, 0.05) is 17.7 Å². The molecule has 254 valence electrons. The summed E-state index contributed by atoms with van der Waals surface area (Å²) < 4.78 is 38.3. The summed E-state index contributed by atoms with van der Waals surface area (Å²) in [6.07, 6.45) is 2.36. The molecule has 0 bridgehead atoms. The third-order valence-corrected chi connectivity index (χ3v) is 9.71. The van der Waals surface area contributed by atoms with E-state index in [2.05, 4.69) is 16.7 Å². The van der Waals surface area contributed by atoms with Crippen molar-refractivity contribution in [1.29, 1.82) is 0 Å². The highest BCUT2D eigenvalue weighted by Gasteiger charge is 2.24. The lowest BCUT2D eigenvalue weighted by Gasteiger charge is -2.14. The molecule has 50 heavy (non-hydrogen) atoms. The van der Waals surface area contributed by atoms with E-state index in [4.69, 9.17) is 22.1 Å². The molecule has 6 rings (SSSR count). The summed E-state index contributed by atoms with van der Waals surface area (Å²) in [5.41, 5.74) is 8.36. The lowest BCUT2D eigenvalue weighted by atomic mass is 10.0. The maximum absolute atomic E-state index is 13.7. The molecule has 0 radical (unpaired) electrons. The third-order valence-electron chi connectivity index (χ3n) is 8.00. The summed E-state index contributed by atoms with van der Waals surface area (Å²) in [5.74, 6) is 0.508. The molecule has 1 amide bonds. The SMILES string of the molecule is CCCCc1nn(-c2cc(N)ccc2Cl)c(=O)n1Cc1ccc(-c2ccccc2S(=O)(=O)NC(=O)c2ccccc2Oc2ccccc2)cc1. The first kappa shape index (κ1) is 34.2. The molecule has 0 aliphatic heterocycles. The van der Waals surface area contributed by atoms with Gasteiger partial charge in [-0.15, -0.1) is 5.10 Å². The quantitative estimate of drug-likeness (QED) is 0.128. The molecule has 1 aromatic heterocycles. The maximum atomic E-state index is 13.7. The first-order valence-electron chi connectivity index (χ1n) is 16.0. The highest BCUT2D eigenvalue weighted by atomic mass is 35.5. The molecule has 5 aromatic carbocycles. The number of aromatic nitrogens is 3. The smallest absolute Gasteiger partial charge is 0.351 e. The molecular weight excluding hydrogens is 674 g/mol. The molecule has 0 spiro atoms. The van der Waals surface area contributed by atoms with E-state index in [9.17, 15) is 18.0 Å². The summed E-state index contributed by atoms with van der Waals surface area (Å²) >= 11 is 6.41. The monoisotopic (exact) mass is 707 g/mol. The number of anilines is 1. The average molecular weight is 708 g/mol.